The van der Waals surface area contributed by atoms with E-state index in [9.17, 15) is 0 Å². The van der Waals surface area contributed by atoms with E-state index in [-0.39, 0.29) is 0 Å². The topological polar surface area (TPSA) is 52.0 Å². The Kier molecular flexibility index (Phi) is 5.12. The molecule has 2 heteroatoms. The van der Waals surface area contributed by atoms with E-state index in [4.69, 9.17) is 11.5 Å². The van der Waals surface area contributed by atoms with E-state index in [2.05, 4.69) is 52.0 Å². The summed E-state index contributed by atoms with van der Waals surface area (Å²) in [5.41, 5.74) is 19.1. The molecule has 0 aliphatic rings. The molecule has 0 aliphatic carbocycles. The van der Waals surface area contributed by atoms with Crippen LogP contribution in [0.1, 0.15) is 63.5 Å². The van der Waals surface area contributed by atoms with Gasteiger partial charge in [0.2, 0.25) is 0 Å². The molecule has 0 saturated heterocycles. The molecule has 0 aliphatic heterocycles. The molecule has 2 nitrogen and oxygen atoms in total. The lowest BCUT2D eigenvalue weighted by Crippen LogP contribution is -2.08. The van der Waals surface area contributed by atoms with Gasteiger partial charge in [-0.3, -0.25) is 0 Å². The van der Waals surface area contributed by atoms with Crippen LogP contribution in [-0.4, -0.2) is 0 Å². The van der Waals surface area contributed by atoms with Crippen LogP contribution < -0.4 is 11.5 Å². The first-order valence-electron chi connectivity index (χ1n) is 8.27. The van der Waals surface area contributed by atoms with Crippen molar-refractivity contribution in [2.75, 3.05) is 11.5 Å². The summed E-state index contributed by atoms with van der Waals surface area (Å²) >= 11 is 0. The van der Waals surface area contributed by atoms with Gasteiger partial charge in [0, 0.05) is 11.4 Å². The van der Waals surface area contributed by atoms with E-state index in [1.807, 2.05) is 12.1 Å². The monoisotopic (exact) mass is 296 g/mol. The molecular weight excluding hydrogens is 268 g/mol. The van der Waals surface area contributed by atoms with Crippen LogP contribution in [0.2, 0.25) is 0 Å². The minimum absolute atomic E-state index is 0.470. The van der Waals surface area contributed by atoms with Crippen LogP contribution in [0.5, 0.6) is 0 Å². The summed E-state index contributed by atoms with van der Waals surface area (Å²) in [6.07, 6.45) is 2.20. The van der Waals surface area contributed by atoms with Crippen LogP contribution >= 0.6 is 0 Å². The standard InChI is InChI=1S/C20H28N2/c1-5-13(3)19-17(15-7-9-16(21)10-8-15)11-12-18(22)20(19)14(4)6-2/h7-14H,5-6,21-22H2,1-4H3. The normalized spacial score (nSPS) is 13.8. The fourth-order valence-corrected chi connectivity index (χ4v) is 3.06. The van der Waals surface area contributed by atoms with Crippen molar-refractivity contribution in [3.05, 3.63) is 47.5 Å². The zero-order chi connectivity index (χ0) is 16.3. The third-order valence-corrected chi connectivity index (χ3v) is 4.75. The molecular formula is C20H28N2. The summed E-state index contributed by atoms with van der Waals surface area (Å²) in [5.74, 6) is 0.956. The zero-order valence-corrected chi connectivity index (χ0v) is 14.2. The molecule has 0 heterocycles. The SMILES string of the molecule is CCC(C)c1c(N)ccc(-c2ccc(N)cc2)c1C(C)CC. The number of benzene rings is 2. The summed E-state index contributed by atoms with van der Waals surface area (Å²) in [6.45, 7) is 9.02. The predicted octanol–water partition coefficient (Wildman–Crippen LogP) is 5.55. The quantitative estimate of drug-likeness (QED) is 0.711. The Morgan fingerprint density at radius 3 is 1.86 bits per heavy atom. The highest BCUT2D eigenvalue weighted by Gasteiger charge is 2.20. The van der Waals surface area contributed by atoms with E-state index >= 15 is 0 Å². The lowest BCUT2D eigenvalue weighted by Gasteiger charge is -2.25. The number of hydrogen-bond donors (Lipinski definition) is 2. The molecule has 0 amide bonds. The lowest BCUT2D eigenvalue weighted by atomic mass is 9.81. The van der Waals surface area contributed by atoms with E-state index < -0.39 is 0 Å². The molecule has 0 spiro atoms. The van der Waals surface area contributed by atoms with E-state index in [0.29, 0.717) is 11.8 Å². The van der Waals surface area contributed by atoms with Gasteiger partial charge in [0.1, 0.15) is 0 Å². The van der Waals surface area contributed by atoms with Crippen molar-refractivity contribution < 1.29 is 0 Å². The molecule has 0 radical (unpaired) electrons. The molecule has 4 N–H and O–H groups in total. The van der Waals surface area contributed by atoms with Crippen LogP contribution in [0.3, 0.4) is 0 Å². The molecule has 0 fully saturated rings. The minimum Gasteiger partial charge on any atom is -0.399 e. The van der Waals surface area contributed by atoms with Crippen molar-refractivity contribution in [2.24, 2.45) is 0 Å². The van der Waals surface area contributed by atoms with Crippen LogP contribution in [0, 0.1) is 0 Å². The maximum Gasteiger partial charge on any atom is 0.0352 e. The summed E-state index contributed by atoms with van der Waals surface area (Å²) in [5, 5.41) is 0. The highest BCUT2D eigenvalue weighted by Crippen LogP contribution is 2.40. The molecule has 2 aromatic carbocycles. The van der Waals surface area contributed by atoms with Crippen molar-refractivity contribution >= 4 is 11.4 Å². The number of nitrogens with two attached hydrogens (primary N) is 2. The van der Waals surface area contributed by atoms with E-state index in [1.54, 1.807) is 0 Å². The first-order chi connectivity index (χ1) is 10.5. The number of nitrogen functional groups attached to an aromatic ring is 2. The van der Waals surface area contributed by atoms with Crippen molar-refractivity contribution in [1.29, 1.82) is 0 Å². The summed E-state index contributed by atoms with van der Waals surface area (Å²) in [7, 11) is 0. The largest absolute Gasteiger partial charge is 0.399 e. The van der Waals surface area contributed by atoms with Gasteiger partial charge in [0.25, 0.3) is 0 Å². The summed E-state index contributed by atoms with van der Waals surface area (Å²) in [4.78, 5) is 0. The molecule has 0 saturated carbocycles. The van der Waals surface area contributed by atoms with Crippen molar-refractivity contribution in [2.45, 2.75) is 52.4 Å². The van der Waals surface area contributed by atoms with E-state index in [1.165, 1.54) is 22.3 Å². The Labute approximate surface area is 134 Å². The average Bonchev–Trinajstić information content (AvgIpc) is 2.54. The van der Waals surface area contributed by atoms with Gasteiger partial charge < -0.3 is 11.5 Å². The number of rotatable bonds is 5. The second-order valence-corrected chi connectivity index (χ2v) is 6.27. The number of anilines is 2. The first-order valence-corrected chi connectivity index (χ1v) is 8.27. The van der Waals surface area contributed by atoms with Crippen LogP contribution in [0.4, 0.5) is 11.4 Å². The molecule has 2 aromatic rings. The van der Waals surface area contributed by atoms with Crippen LogP contribution in [0.15, 0.2) is 36.4 Å². The molecule has 22 heavy (non-hydrogen) atoms. The molecule has 0 aromatic heterocycles. The highest BCUT2D eigenvalue weighted by molar-refractivity contribution is 5.75. The Balaban J connectivity index is 2.70. The molecule has 2 unspecified atom stereocenters. The van der Waals surface area contributed by atoms with Crippen molar-refractivity contribution in [1.82, 2.24) is 0 Å². The van der Waals surface area contributed by atoms with Crippen LogP contribution in [0.25, 0.3) is 11.1 Å². The van der Waals surface area contributed by atoms with Crippen molar-refractivity contribution in [3.8, 4) is 11.1 Å². The van der Waals surface area contributed by atoms with Gasteiger partial charge in [-0.15, -0.1) is 0 Å². The third-order valence-electron chi connectivity index (χ3n) is 4.75. The average molecular weight is 296 g/mol. The van der Waals surface area contributed by atoms with Crippen LogP contribution in [-0.2, 0) is 0 Å². The smallest absolute Gasteiger partial charge is 0.0352 e. The fourth-order valence-electron chi connectivity index (χ4n) is 3.06. The van der Waals surface area contributed by atoms with Gasteiger partial charge in [0.05, 0.1) is 0 Å². The van der Waals surface area contributed by atoms with Gasteiger partial charge in [-0.25, -0.2) is 0 Å². The summed E-state index contributed by atoms with van der Waals surface area (Å²) in [6, 6.07) is 12.4. The third kappa shape index (κ3) is 3.11. The second-order valence-electron chi connectivity index (χ2n) is 6.27. The maximum atomic E-state index is 6.34. The van der Waals surface area contributed by atoms with Gasteiger partial charge >= 0.3 is 0 Å². The molecule has 2 atom stereocenters. The highest BCUT2D eigenvalue weighted by atomic mass is 14.6. The van der Waals surface area contributed by atoms with Gasteiger partial charge in [-0.2, -0.15) is 0 Å². The lowest BCUT2D eigenvalue weighted by molar-refractivity contribution is 0.680. The zero-order valence-electron chi connectivity index (χ0n) is 14.2. The Morgan fingerprint density at radius 2 is 1.32 bits per heavy atom. The van der Waals surface area contributed by atoms with Gasteiger partial charge in [0.15, 0.2) is 0 Å². The maximum absolute atomic E-state index is 6.34. The molecule has 2 rings (SSSR count). The van der Waals surface area contributed by atoms with Gasteiger partial charge in [-0.1, -0.05) is 45.9 Å². The summed E-state index contributed by atoms with van der Waals surface area (Å²) < 4.78 is 0. The Morgan fingerprint density at radius 1 is 0.773 bits per heavy atom. The minimum atomic E-state index is 0.470. The molecule has 118 valence electrons. The molecule has 0 bridgehead atoms. The number of hydrogen-bond acceptors (Lipinski definition) is 2. The fraction of sp³-hybridized carbons (Fsp3) is 0.400. The Bertz CT molecular complexity index is 629. The van der Waals surface area contributed by atoms with Gasteiger partial charge in [-0.05, 0) is 65.1 Å². The second kappa shape index (κ2) is 6.87. The predicted molar refractivity (Wildman–Crippen MR) is 98.1 cm³/mol. The van der Waals surface area contributed by atoms with Crippen molar-refractivity contribution in [3.63, 3.8) is 0 Å². The Hall–Kier alpha value is -1.96. The first kappa shape index (κ1) is 16.4. The van der Waals surface area contributed by atoms with E-state index in [0.717, 1.165) is 24.2 Å².